The number of nitrogens with one attached hydrogen (secondary N) is 1. The molecule has 0 aliphatic rings. The second-order valence-electron chi connectivity index (χ2n) is 6.02. The first-order chi connectivity index (χ1) is 12.3. The molecule has 26 heavy (non-hydrogen) atoms. The third-order valence-electron chi connectivity index (χ3n) is 3.87. The molecule has 0 saturated heterocycles. The number of carbonyl (C=O) groups excluding carboxylic acids is 1. The first-order valence-electron chi connectivity index (χ1n) is 8.28. The van der Waals surface area contributed by atoms with Crippen molar-refractivity contribution in [3.05, 3.63) is 54.1 Å². The summed E-state index contributed by atoms with van der Waals surface area (Å²) in [5.74, 6) is -0.121. The second-order valence-corrected chi connectivity index (χ2v) is 8.78. The van der Waals surface area contributed by atoms with E-state index in [2.05, 4.69) is 5.32 Å². The zero-order valence-corrected chi connectivity index (χ0v) is 16.9. The Kier molecular flexibility index (Phi) is 7.11. The van der Waals surface area contributed by atoms with Gasteiger partial charge in [-0.3, -0.25) is 9.10 Å². The van der Waals surface area contributed by atoms with Gasteiger partial charge in [0.1, 0.15) is 0 Å². The van der Waals surface area contributed by atoms with Crippen molar-refractivity contribution in [2.75, 3.05) is 28.7 Å². The van der Waals surface area contributed by atoms with Crippen LogP contribution >= 0.6 is 11.8 Å². The van der Waals surface area contributed by atoms with Gasteiger partial charge < -0.3 is 5.32 Å². The molecule has 0 fully saturated rings. The standard InChI is InChI=1S/C19H24N2O3S2/c1-15-10-12-16(13-11-15)21(26(3,23)24)14-6-9-19(22)20-17-7-4-5-8-18(17)25-2/h4-5,7-8,10-13H,6,9,14H2,1-3H3,(H,20,22). The number of rotatable bonds is 8. The molecule has 0 atom stereocenters. The fourth-order valence-corrected chi connectivity index (χ4v) is 4.06. The van der Waals surface area contributed by atoms with Gasteiger partial charge in [-0.1, -0.05) is 29.8 Å². The van der Waals surface area contributed by atoms with Crippen LogP contribution in [0.5, 0.6) is 0 Å². The van der Waals surface area contributed by atoms with Gasteiger partial charge in [-0.2, -0.15) is 0 Å². The average Bonchev–Trinajstić information content (AvgIpc) is 2.59. The molecule has 1 amide bonds. The van der Waals surface area contributed by atoms with Crippen molar-refractivity contribution < 1.29 is 13.2 Å². The molecule has 140 valence electrons. The van der Waals surface area contributed by atoms with Gasteiger partial charge in [0.2, 0.25) is 15.9 Å². The number of amides is 1. The number of carbonyl (C=O) groups is 1. The monoisotopic (exact) mass is 392 g/mol. The number of hydrogen-bond acceptors (Lipinski definition) is 4. The summed E-state index contributed by atoms with van der Waals surface area (Å²) in [5.41, 5.74) is 2.46. The van der Waals surface area contributed by atoms with Gasteiger partial charge in [0.25, 0.3) is 0 Å². The van der Waals surface area contributed by atoms with Crippen LogP contribution in [0.15, 0.2) is 53.4 Å². The van der Waals surface area contributed by atoms with Crippen LogP contribution in [-0.2, 0) is 14.8 Å². The third kappa shape index (κ3) is 5.78. The molecule has 5 nitrogen and oxygen atoms in total. The Morgan fingerprint density at radius 1 is 1.12 bits per heavy atom. The molecule has 0 aliphatic carbocycles. The van der Waals surface area contributed by atoms with Crippen LogP contribution in [0.1, 0.15) is 18.4 Å². The van der Waals surface area contributed by atoms with Crippen molar-refractivity contribution in [2.45, 2.75) is 24.7 Å². The predicted octanol–water partition coefficient (Wildman–Crippen LogP) is 3.90. The van der Waals surface area contributed by atoms with E-state index in [-0.39, 0.29) is 18.9 Å². The lowest BCUT2D eigenvalue weighted by Crippen LogP contribution is -2.31. The molecule has 1 N–H and O–H groups in total. The van der Waals surface area contributed by atoms with Gasteiger partial charge in [0, 0.05) is 17.9 Å². The highest BCUT2D eigenvalue weighted by Gasteiger charge is 2.17. The molecule has 0 spiro atoms. The molecule has 2 aromatic carbocycles. The molecule has 0 aromatic heterocycles. The van der Waals surface area contributed by atoms with E-state index in [1.807, 2.05) is 49.6 Å². The van der Waals surface area contributed by atoms with Crippen LogP contribution in [-0.4, -0.2) is 33.4 Å². The lowest BCUT2D eigenvalue weighted by molar-refractivity contribution is -0.116. The molecule has 0 aliphatic heterocycles. The summed E-state index contributed by atoms with van der Waals surface area (Å²) < 4.78 is 25.5. The number of sulfonamides is 1. The van der Waals surface area contributed by atoms with Crippen molar-refractivity contribution in [3.8, 4) is 0 Å². The van der Waals surface area contributed by atoms with Crippen LogP contribution in [0, 0.1) is 6.92 Å². The van der Waals surface area contributed by atoms with Crippen molar-refractivity contribution >= 4 is 39.1 Å². The summed E-state index contributed by atoms with van der Waals surface area (Å²) >= 11 is 1.57. The van der Waals surface area contributed by atoms with Crippen molar-refractivity contribution in [1.29, 1.82) is 0 Å². The highest BCUT2D eigenvalue weighted by molar-refractivity contribution is 7.98. The number of benzene rings is 2. The Balaban J connectivity index is 1.97. The SMILES string of the molecule is CSc1ccccc1NC(=O)CCCN(c1ccc(C)cc1)S(C)(=O)=O. The smallest absolute Gasteiger partial charge is 0.232 e. The van der Waals surface area contributed by atoms with E-state index in [1.54, 1.807) is 23.9 Å². The third-order valence-corrected chi connectivity index (χ3v) is 5.86. The zero-order valence-electron chi connectivity index (χ0n) is 15.2. The van der Waals surface area contributed by atoms with Gasteiger partial charge in [0.05, 0.1) is 17.6 Å². The Morgan fingerprint density at radius 2 is 1.77 bits per heavy atom. The van der Waals surface area contributed by atoms with Crippen LogP contribution in [0.25, 0.3) is 0 Å². The lowest BCUT2D eigenvalue weighted by atomic mass is 10.2. The number of aryl methyl sites for hydroxylation is 1. The first kappa shape index (κ1) is 20.3. The van der Waals surface area contributed by atoms with E-state index >= 15 is 0 Å². The van der Waals surface area contributed by atoms with Crippen molar-refractivity contribution in [2.24, 2.45) is 0 Å². The largest absolute Gasteiger partial charge is 0.325 e. The Morgan fingerprint density at radius 3 is 2.38 bits per heavy atom. The quantitative estimate of drug-likeness (QED) is 0.692. The zero-order chi connectivity index (χ0) is 19.2. The normalized spacial score (nSPS) is 11.2. The number of hydrogen-bond donors (Lipinski definition) is 1. The van der Waals surface area contributed by atoms with Gasteiger partial charge in [-0.25, -0.2) is 8.42 Å². The topological polar surface area (TPSA) is 66.5 Å². The van der Waals surface area contributed by atoms with Crippen LogP contribution in [0.2, 0.25) is 0 Å². The van der Waals surface area contributed by atoms with E-state index in [4.69, 9.17) is 0 Å². The maximum atomic E-state index is 12.2. The highest BCUT2D eigenvalue weighted by atomic mass is 32.2. The highest BCUT2D eigenvalue weighted by Crippen LogP contribution is 2.25. The van der Waals surface area contributed by atoms with E-state index in [0.717, 1.165) is 16.1 Å². The van der Waals surface area contributed by atoms with Gasteiger partial charge in [-0.15, -0.1) is 11.8 Å². The van der Waals surface area contributed by atoms with E-state index in [0.29, 0.717) is 12.1 Å². The molecule has 0 saturated carbocycles. The maximum absolute atomic E-state index is 12.2. The van der Waals surface area contributed by atoms with Crippen LogP contribution in [0.3, 0.4) is 0 Å². The minimum atomic E-state index is -3.40. The van der Waals surface area contributed by atoms with Gasteiger partial charge >= 0.3 is 0 Å². The number of anilines is 2. The summed E-state index contributed by atoms with van der Waals surface area (Å²) in [6.07, 6.45) is 3.83. The maximum Gasteiger partial charge on any atom is 0.232 e. The number of para-hydroxylation sites is 1. The summed E-state index contributed by atoms with van der Waals surface area (Å²) in [6.45, 7) is 2.21. The lowest BCUT2D eigenvalue weighted by Gasteiger charge is -2.22. The molecular formula is C19H24N2O3S2. The Labute approximate surface area is 159 Å². The van der Waals surface area contributed by atoms with E-state index in [1.165, 1.54) is 10.6 Å². The molecule has 0 bridgehead atoms. The number of nitrogens with zero attached hydrogens (tertiary/aromatic N) is 1. The summed E-state index contributed by atoms with van der Waals surface area (Å²) in [4.78, 5) is 13.2. The van der Waals surface area contributed by atoms with Crippen molar-refractivity contribution in [3.63, 3.8) is 0 Å². The van der Waals surface area contributed by atoms with Gasteiger partial charge in [-0.05, 0) is 43.9 Å². The Bertz CT molecular complexity index is 849. The minimum absolute atomic E-state index is 0.121. The predicted molar refractivity (Wildman–Crippen MR) is 109 cm³/mol. The van der Waals surface area contributed by atoms with E-state index < -0.39 is 10.0 Å². The summed E-state index contributed by atoms with van der Waals surface area (Å²) in [5, 5.41) is 2.89. The molecule has 7 heteroatoms. The fraction of sp³-hybridized carbons (Fsp3) is 0.316. The average molecular weight is 393 g/mol. The molecule has 0 unspecified atom stereocenters. The van der Waals surface area contributed by atoms with Crippen LogP contribution < -0.4 is 9.62 Å². The molecular weight excluding hydrogens is 368 g/mol. The van der Waals surface area contributed by atoms with Crippen molar-refractivity contribution in [1.82, 2.24) is 0 Å². The molecule has 0 heterocycles. The second kappa shape index (κ2) is 9.09. The first-order valence-corrected chi connectivity index (χ1v) is 11.4. The van der Waals surface area contributed by atoms with Gasteiger partial charge in [0.15, 0.2) is 0 Å². The summed E-state index contributed by atoms with van der Waals surface area (Å²) in [6, 6.07) is 14.9. The molecule has 0 radical (unpaired) electrons. The van der Waals surface area contributed by atoms with E-state index in [9.17, 15) is 13.2 Å². The fourth-order valence-electron chi connectivity index (χ4n) is 2.54. The molecule has 2 rings (SSSR count). The Hall–Kier alpha value is -1.99. The number of thioether (sulfide) groups is 1. The minimum Gasteiger partial charge on any atom is -0.325 e. The summed E-state index contributed by atoms with van der Waals surface area (Å²) in [7, 11) is -3.40. The molecule has 2 aromatic rings. The van der Waals surface area contributed by atoms with Crippen LogP contribution in [0.4, 0.5) is 11.4 Å².